The van der Waals surface area contributed by atoms with Crippen LogP contribution in [-0.4, -0.2) is 23.4 Å². The molecule has 4 rings (SSSR count). The van der Waals surface area contributed by atoms with Crippen molar-refractivity contribution >= 4 is 21.7 Å². The number of ether oxygens (including phenoxy) is 1. The molecule has 0 aliphatic carbocycles. The Morgan fingerprint density at radius 2 is 2.00 bits per heavy atom. The molecule has 0 bridgehead atoms. The second kappa shape index (κ2) is 5.74. The molecule has 0 radical (unpaired) electrons. The summed E-state index contributed by atoms with van der Waals surface area (Å²) in [6, 6.07) is 16.3. The summed E-state index contributed by atoms with van der Waals surface area (Å²) in [4.78, 5) is 0. The van der Waals surface area contributed by atoms with Crippen LogP contribution in [0.4, 0.5) is 5.82 Å². The summed E-state index contributed by atoms with van der Waals surface area (Å²) in [5.41, 5.74) is 4.42. The van der Waals surface area contributed by atoms with E-state index in [1.165, 1.54) is 5.56 Å². The molecule has 0 spiro atoms. The van der Waals surface area contributed by atoms with Crippen LogP contribution in [0.15, 0.2) is 53.0 Å². The molecular formula is C18H16BrN3O. The predicted octanol–water partition coefficient (Wildman–Crippen LogP) is 4.28. The van der Waals surface area contributed by atoms with Crippen molar-refractivity contribution in [2.45, 2.75) is 6.42 Å². The zero-order valence-electron chi connectivity index (χ0n) is 12.7. The minimum Gasteiger partial charge on any atom is -0.497 e. The molecule has 116 valence electrons. The summed E-state index contributed by atoms with van der Waals surface area (Å²) in [5, 5.41) is 8.32. The summed E-state index contributed by atoms with van der Waals surface area (Å²) >= 11 is 3.48. The molecule has 0 unspecified atom stereocenters. The lowest BCUT2D eigenvalue weighted by molar-refractivity contribution is 0.415. The van der Waals surface area contributed by atoms with Crippen molar-refractivity contribution in [3.63, 3.8) is 0 Å². The second-order valence-electron chi connectivity index (χ2n) is 5.47. The minimum atomic E-state index is 0.848. The van der Waals surface area contributed by atoms with Crippen LogP contribution in [0.2, 0.25) is 0 Å². The van der Waals surface area contributed by atoms with Gasteiger partial charge < -0.3 is 10.1 Å². The monoisotopic (exact) mass is 369 g/mol. The molecular weight excluding hydrogens is 354 g/mol. The van der Waals surface area contributed by atoms with Gasteiger partial charge in [0.15, 0.2) is 0 Å². The number of aromatic nitrogens is 2. The van der Waals surface area contributed by atoms with Crippen LogP contribution in [-0.2, 0) is 6.42 Å². The zero-order chi connectivity index (χ0) is 15.8. The van der Waals surface area contributed by atoms with Gasteiger partial charge in [-0.1, -0.05) is 28.1 Å². The molecule has 2 heterocycles. The number of anilines is 1. The Balaban J connectivity index is 1.86. The lowest BCUT2D eigenvalue weighted by atomic mass is 10.1. The molecule has 0 atom stereocenters. The average molecular weight is 370 g/mol. The fourth-order valence-corrected chi connectivity index (χ4v) is 3.21. The van der Waals surface area contributed by atoms with E-state index in [1.807, 2.05) is 35.0 Å². The van der Waals surface area contributed by atoms with Crippen molar-refractivity contribution in [1.82, 2.24) is 9.78 Å². The zero-order valence-corrected chi connectivity index (χ0v) is 14.3. The Morgan fingerprint density at radius 3 is 2.78 bits per heavy atom. The van der Waals surface area contributed by atoms with Crippen LogP contribution in [0, 0.1) is 0 Å². The summed E-state index contributed by atoms with van der Waals surface area (Å²) in [6.45, 7) is 0.945. The summed E-state index contributed by atoms with van der Waals surface area (Å²) in [7, 11) is 1.69. The first-order valence-corrected chi connectivity index (χ1v) is 8.32. The van der Waals surface area contributed by atoms with E-state index in [0.717, 1.165) is 46.0 Å². The van der Waals surface area contributed by atoms with Crippen molar-refractivity contribution in [2.24, 2.45) is 0 Å². The first-order valence-electron chi connectivity index (χ1n) is 7.52. The van der Waals surface area contributed by atoms with E-state index in [4.69, 9.17) is 9.84 Å². The Kier molecular flexibility index (Phi) is 3.58. The number of halogens is 1. The molecule has 1 N–H and O–H groups in total. The summed E-state index contributed by atoms with van der Waals surface area (Å²) in [5.74, 6) is 1.94. The fraction of sp³-hybridized carbons (Fsp3) is 0.167. The van der Waals surface area contributed by atoms with Crippen molar-refractivity contribution in [3.05, 3.63) is 58.6 Å². The number of nitrogens with zero attached hydrogens (tertiary/aromatic N) is 2. The van der Waals surface area contributed by atoms with Crippen molar-refractivity contribution < 1.29 is 4.74 Å². The molecule has 3 aromatic rings. The van der Waals surface area contributed by atoms with Gasteiger partial charge in [-0.3, -0.25) is 0 Å². The third-order valence-corrected chi connectivity index (χ3v) is 4.59. The highest BCUT2D eigenvalue weighted by Gasteiger charge is 2.24. The maximum atomic E-state index is 5.34. The van der Waals surface area contributed by atoms with E-state index in [0.29, 0.717) is 0 Å². The quantitative estimate of drug-likeness (QED) is 0.748. The van der Waals surface area contributed by atoms with Gasteiger partial charge in [-0.05, 0) is 42.8 Å². The smallest absolute Gasteiger partial charge is 0.133 e. The Bertz CT molecular complexity index is 855. The summed E-state index contributed by atoms with van der Waals surface area (Å²) in [6.07, 6.45) is 0.985. The standard InChI is InChI=1S/C18H16BrN3O/c1-23-15-4-2-3-12(11-15)17-16-9-10-20-18(16)22(21-17)14-7-5-13(19)6-8-14/h2-8,11,20H,9-10H2,1H3. The summed E-state index contributed by atoms with van der Waals surface area (Å²) < 4.78 is 8.40. The number of benzene rings is 2. The Morgan fingerprint density at radius 1 is 1.17 bits per heavy atom. The van der Waals surface area contributed by atoms with E-state index in [9.17, 15) is 0 Å². The van der Waals surface area contributed by atoms with Gasteiger partial charge in [0.1, 0.15) is 11.6 Å². The normalized spacial score (nSPS) is 12.8. The Labute approximate surface area is 143 Å². The van der Waals surface area contributed by atoms with Crippen molar-refractivity contribution in [3.8, 4) is 22.7 Å². The highest BCUT2D eigenvalue weighted by atomic mass is 79.9. The van der Waals surface area contributed by atoms with Gasteiger partial charge >= 0.3 is 0 Å². The molecule has 0 amide bonds. The lowest BCUT2D eigenvalue weighted by Gasteiger charge is -2.06. The van der Waals surface area contributed by atoms with Gasteiger partial charge in [-0.2, -0.15) is 5.10 Å². The van der Waals surface area contributed by atoms with E-state index in [2.05, 4.69) is 39.4 Å². The van der Waals surface area contributed by atoms with E-state index < -0.39 is 0 Å². The predicted molar refractivity (Wildman–Crippen MR) is 95.4 cm³/mol. The maximum absolute atomic E-state index is 5.34. The van der Waals surface area contributed by atoms with Crippen molar-refractivity contribution in [1.29, 1.82) is 0 Å². The van der Waals surface area contributed by atoms with Gasteiger partial charge in [0.25, 0.3) is 0 Å². The molecule has 2 aromatic carbocycles. The van der Waals surface area contributed by atoms with Gasteiger partial charge in [0, 0.05) is 22.1 Å². The number of hydrogen-bond donors (Lipinski definition) is 1. The first kappa shape index (κ1) is 14.3. The molecule has 0 saturated heterocycles. The van der Waals surface area contributed by atoms with E-state index >= 15 is 0 Å². The molecule has 5 heteroatoms. The number of rotatable bonds is 3. The SMILES string of the molecule is COc1cccc(-c2nn(-c3ccc(Br)cc3)c3c2CCN3)c1. The number of nitrogens with one attached hydrogen (secondary N) is 1. The molecule has 1 aliphatic rings. The van der Waals surface area contributed by atoms with E-state index in [1.54, 1.807) is 7.11 Å². The van der Waals surface area contributed by atoms with Crippen LogP contribution < -0.4 is 10.1 Å². The van der Waals surface area contributed by atoms with Gasteiger partial charge in [-0.25, -0.2) is 4.68 Å². The third-order valence-electron chi connectivity index (χ3n) is 4.07. The highest BCUT2D eigenvalue weighted by Crippen LogP contribution is 2.35. The molecule has 23 heavy (non-hydrogen) atoms. The number of hydrogen-bond acceptors (Lipinski definition) is 3. The molecule has 0 fully saturated rings. The topological polar surface area (TPSA) is 39.1 Å². The van der Waals surface area contributed by atoms with Crippen LogP contribution in [0.1, 0.15) is 5.56 Å². The largest absolute Gasteiger partial charge is 0.497 e. The average Bonchev–Trinajstić information content (AvgIpc) is 3.18. The first-order chi connectivity index (χ1) is 11.3. The lowest BCUT2D eigenvalue weighted by Crippen LogP contribution is -2.04. The van der Waals surface area contributed by atoms with Gasteiger partial charge in [-0.15, -0.1) is 0 Å². The van der Waals surface area contributed by atoms with E-state index in [-0.39, 0.29) is 0 Å². The second-order valence-corrected chi connectivity index (χ2v) is 6.39. The number of fused-ring (bicyclic) bond motifs is 1. The van der Waals surface area contributed by atoms with Gasteiger partial charge in [0.2, 0.25) is 0 Å². The fourth-order valence-electron chi connectivity index (χ4n) is 2.95. The molecule has 4 nitrogen and oxygen atoms in total. The third kappa shape index (κ3) is 2.51. The number of methoxy groups -OCH3 is 1. The molecule has 1 aromatic heterocycles. The maximum Gasteiger partial charge on any atom is 0.133 e. The molecule has 0 saturated carbocycles. The van der Waals surface area contributed by atoms with Crippen LogP contribution in [0.3, 0.4) is 0 Å². The van der Waals surface area contributed by atoms with Crippen LogP contribution in [0.25, 0.3) is 16.9 Å². The molecule has 1 aliphatic heterocycles. The van der Waals surface area contributed by atoms with Crippen LogP contribution in [0.5, 0.6) is 5.75 Å². The highest BCUT2D eigenvalue weighted by molar-refractivity contribution is 9.10. The minimum absolute atomic E-state index is 0.848. The van der Waals surface area contributed by atoms with Crippen LogP contribution >= 0.6 is 15.9 Å². The van der Waals surface area contributed by atoms with Crippen molar-refractivity contribution in [2.75, 3.05) is 19.0 Å². The van der Waals surface area contributed by atoms with Gasteiger partial charge in [0.05, 0.1) is 18.5 Å². The Hall–Kier alpha value is -2.27.